The average molecular weight is 538 g/mol. The second-order valence-corrected chi connectivity index (χ2v) is 9.10. The van der Waals surface area contributed by atoms with E-state index in [2.05, 4.69) is 103 Å². The lowest BCUT2D eigenvalue weighted by molar-refractivity contribution is 1.34. The van der Waals surface area contributed by atoms with Crippen molar-refractivity contribution in [1.82, 2.24) is 15.0 Å². The molecule has 0 radical (unpaired) electrons. The molecule has 0 unspecified atom stereocenters. The number of imidazole rings is 1. The number of hydrogen-bond acceptors (Lipinski definition) is 1. The van der Waals surface area contributed by atoms with Crippen molar-refractivity contribution in [2.75, 3.05) is 0 Å². The summed E-state index contributed by atoms with van der Waals surface area (Å²) in [6.45, 7) is 0. The number of H-pyrrole nitrogens is 2. The van der Waals surface area contributed by atoms with E-state index in [1.54, 1.807) is 0 Å². The van der Waals surface area contributed by atoms with Gasteiger partial charge in [0.25, 0.3) is 0 Å². The maximum Gasteiger partial charge on any atom is 0.140 e. The van der Waals surface area contributed by atoms with Crippen LogP contribution < -0.4 is 0 Å². The van der Waals surface area contributed by atoms with Crippen LogP contribution in [0.4, 0.5) is 0 Å². The molecular weight excluding hydrogens is 525 g/mol. The highest BCUT2D eigenvalue weighted by Gasteiger charge is 2.16. The van der Waals surface area contributed by atoms with Gasteiger partial charge in [0.05, 0.1) is 11.0 Å². The van der Waals surface area contributed by atoms with Gasteiger partial charge in [0, 0.05) is 41.5 Å². The van der Waals surface area contributed by atoms with Gasteiger partial charge < -0.3 is 9.97 Å². The molecule has 3 nitrogen and oxygen atoms in total. The van der Waals surface area contributed by atoms with Gasteiger partial charge in [-0.25, -0.2) is 4.98 Å². The molecule has 0 saturated carbocycles. The number of rotatable bonds is 1. The topological polar surface area (TPSA) is 44.5 Å². The first kappa shape index (κ1) is 16.6. The Hall–Kier alpha value is -2.38. The highest BCUT2D eigenvalue weighted by molar-refractivity contribution is 14.1. The van der Waals surface area contributed by atoms with E-state index >= 15 is 0 Å². The second-order valence-electron chi connectivity index (χ2n) is 6.94. The second kappa shape index (κ2) is 6.06. The normalized spacial score (nSPS) is 11.9. The number of nitrogens with one attached hydrogen (secondary N) is 2. The number of benzene rings is 4. The van der Waals surface area contributed by atoms with Gasteiger partial charge in [-0.15, -0.1) is 0 Å². The summed E-state index contributed by atoms with van der Waals surface area (Å²) in [7, 11) is 0. The Morgan fingerprint density at radius 2 is 1.64 bits per heavy atom. The summed E-state index contributed by atoms with van der Waals surface area (Å²) in [6, 6.07) is 21.4. The van der Waals surface area contributed by atoms with Gasteiger partial charge in [-0.2, -0.15) is 0 Å². The van der Waals surface area contributed by atoms with Crippen molar-refractivity contribution in [3.63, 3.8) is 0 Å². The third-order valence-electron chi connectivity index (χ3n) is 5.33. The van der Waals surface area contributed by atoms with Gasteiger partial charge >= 0.3 is 0 Å². The highest BCUT2D eigenvalue weighted by Crippen LogP contribution is 2.37. The lowest BCUT2D eigenvalue weighted by atomic mass is 10.0. The largest absolute Gasteiger partial charge is 0.360 e. The first-order chi connectivity index (χ1) is 13.7. The molecule has 4 aromatic carbocycles. The Balaban J connectivity index is 1.77. The van der Waals surface area contributed by atoms with E-state index in [4.69, 9.17) is 4.98 Å². The van der Waals surface area contributed by atoms with Crippen molar-refractivity contribution in [3.05, 3.63) is 74.9 Å². The highest BCUT2D eigenvalue weighted by atomic mass is 127. The van der Waals surface area contributed by atoms with Crippen LogP contribution in [0.5, 0.6) is 0 Å². The Morgan fingerprint density at radius 1 is 0.821 bits per heavy atom. The molecule has 0 aliphatic carbocycles. The first-order valence-electron chi connectivity index (χ1n) is 8.96. The van der Waals surface area contributed by atoms with Crippen molar-refractivity contribution in [1.29, 1.82) is 0 Å². The van der Waals surface area contributed by atoms with E-state index < -0.39 is 0 Å². The molecule has 0 atom stereocenters. The summed E-state index contributed by atoms with van der Waals surface area (Å²) in [5, 5.41) is 6.02. The first-order valence-corrected chi connectivity index (χ1v) is 10.8. The van der Waals surface area contributed by atoms with Crippen LogP contribution in [0.15, 0.2) is 71.3 Å². The molecule has 0 amide bonds. The fraction of sp³-hybridized carbons (Fsp3) is 0. The van der Waals surface area contributed by atoms with Crippen molar-refractivity contribution >= 4 is 82.0 Å². The quantitative estimate of drug-likeness (QED) is 0.167. The minimum atomic E-state index is 0.885. The van der Waals surface area contributed by atoms with E-state index in [0.717, 1.165) is 37.8 Å². The molecule has 0 saturated heterocycles. The fourth-order valence-corrected chi connectivity index (χ4v) is 4.91. The maximum atomic E-state index is 5.05. The smallest absolute Gasteiger partial charge is 0.140 e. The Bertz CT molecular complexity index is 1540. The molecule has 0 spiro atoms. The number of halogens is 2. The molecule has 6 rings (SSSR count). The summed E-state index contributed by atoms with van der Waals surface area (Å²) in [6.07, 6.45) is 2.03. The SMILES string of the molecule is Brc1ccc2[nH]cc(-c3nc4c5ccccc5c5ccc(I)cc5c4[nH]3)c2c1. The molecule has 0 aliphatic heterocycles. The predicted molar refractivity (Wildman–Crippen MR) is 129 cm³/mol. The molecular formula is C23H13BrIN3. The van der Waals surface area contributed by atoms with Crippen LogP contribution in [-0.4, -0.2) is 15.0 Å². The minimum Gasteiger partial charge on any atom is -0.360 e. The third kappa shape index (κ3) is 2.36. The van der Waals surface area contributed by atoms with Crippen molar-refractivity contribution in [2.45, 2.75) is 0 Å². The van der Waals surface area contributed by atoms with E-state index in [1.807, 2.05) is 12.3 Å². The van der Waals surface area contributed by atoms with Crippen LogP contribution in [0.25, 0.3) is 54.9 Å². The van der Waals surface area contributed by atoms with Crippen LogP contribution in [0.1, 0.15) is 0 Å². The molecule has 5 heteroatoms. The van der Waals surface area contributed by atoms with Gasteiger partial charge in [-0.05, 0) is 63.7 Å². The molecule has 2 N–H and O–H groups in total. The fourth-order valence-electron chi connectivity index (χ4n) is 4.06. The standard InChI is InChI=1S/C23H13BrIN3/c24-12-5-8-20-17(9-12)19(11-26-20)23-27-21-16-4-2-1-3-14(16)15-7-6-13(25)10-18(15)22(21)28-23/h1-11,26H,(H,27,28). The number of nitrogens with zero attached hydrogens (tertiary/aromatic N) is 1. The third-order valence-corrected chi connectivity index (χ3v) is 6.49. The molecule has 28 heavy (non-hydrogen) atoms. The maximum absolute atomic E-state index is 5.05. The monoisotopic (exact) mass is 537 g/mol. The Morgan fingerprint density at radius 3 is 2.54 bits per heavy atom. The summed E-state index contributed by atoms with van der Waals surface area (Å²) >= 11 is 5.96. The summed E-state index contributed by atoms with van der Waals surface area (Å²) in [5.74, 6) is 0.885. The number of fused-ring (bicyclic) bond motifs is 7. The summed E-state index contributed by atoms with van der Waals surface area (Å²) in [5.41, 5.74) is 4.29. The van der Waals surface area contributed by atoms with Crippen LogP contribution in [0.3, 0.4) is 0 Å². The predicted octanol–water partition coefficient (Wildman–Crippen LogP) is 7.38. The lowest BCUT2D eigenvalue weighted by Crippen LogP contribution is -1.83. The zero-order valence-electron chi connectivity index (χ0n) is 14.6. The van der Waals surface area contributed by atoms with Crippen LogP contribution in [-0.2, 0) is 0 Å². The van der Waals surface area contributed by atoms with Crippen LogP contribution >= 0.6 is 38.5 Å². The molecule has 2 aromatic heterocycles. The number of aromatic amines is 2. The van der Waals surface area contributed by atoms with Crippen molar-refractivity contribution in [3.8, 4) is 11.4 Å². The molecule has 6 aromatic rings. The molecule has 134 valence electrons. The summed E-state index contributed by atoms with van der Waals surface area (Å²) < 4.78 is 2.27. The van der Waals surface area contributed by atoms with Gasteiger partial charge in [-0.3, -0.25) is 0 Å². The Labute approximate surface area is 182 Å². The molecule has 0 bridgehead atoms. The van der Waals surface area contributed by atoms with Gasteiger partial charge in [0.15, 0.2) is 0 Å². The molecule has 0 fully saturated rings. The minimum absolute atomic E-state index is 0.885. The average Bonchev–Trinajstić information content (AvgIpc) is 3.32. The van der Waals surface area contributed by atoms with Gasteiger partial charge in [-0.1, -0.05) is 46.3 Å². The van der Waals surface area contributed by atoms with E-state index in [1.165, 1.54) is 25.1 Å². The van der Waals surface area contributed by atoms with Gasteiger partial charge in [0.1, 0.15) is 5.82 Å². The number of hydrogen-bond donors (Lipinski definition) is 2. The lowest BCUT2D eigenvalue weighted by Gasteiger charge is -2.06. The van der Waals surface area contributed by atoms with Gasteiger partial charge in [0.2, 0.25) is 0 Å². The molecule has 0 aliphatic rings. The van der Waals surface area contributed by atoms with Crippen LogP contribution in [0, 0.1) is 3.57 Å². The van der Waals surface area contributed by atoms with Crippen LogP contribution in [0.2, 0.25) is 0 Å². The molecule has 2 heterocycles. The Kier molecular flexibility index (Phi) is 3.58. The number of aromatic nitrogens is 3. The van der Waals surface area contributed by atoms with Crippen molar-refractivity contribution in [2.24, 2.45) is 0 Å². The zero-order valence-corrected chi connectivity index (χ0v) is 18.3. The van der Waals surface area contributed by atoms with E-state index in [0.29, 0.717) is 0 Å². The van der Waals surface area contributed by atoms with Crippen molar-refractivity contribution < 1.29 is 0 Å². The van der Waals surface area contributed by atoms with E-state index in [9.17, 15) is 0 Å². The van der Waals surface area contributed by atoms with E-state index in [-0.39, 0.29) is 0 Å². The summed E-state index contributed by atoms with van der Waals surface area (Å²) in [4.78, 5) is 12.0. The zero-order chi connectivity index (χ0) is 18.8.